The summed E-state index contributed by atoms with van der Waals surface area (Å²) in [5.41, 5.74) is 2.27. The third kappa shape index (κ3) is 3.85. The lowest BCUT2D eigenvalue weighted by Gasteiger charge is -2.17. The summed E-state index contributed by atoms with van der Waals surface area (Å²) in [5, 5.41) is 5.39. The van der Waals surface area contributed by atoms with E-state index in [9.17, 15) is 14.0 Å². The van der Waals surface area contributed by atoms with Gasteiger partial charge >= 0.3 is 0 Å². The van der Waals surface area contributed by atoms with E-state index < -0.39 is 0 Å². The van der Waals surface area contributed by atoms with Gasteiger partial charge in [-0.25, -0.2) is 4.39 Å². The molecule has 2 aromatic rings. The summed E-state index contributed by atoms with van der Waals surface area (Å²) in [6.07, 6.45) is 1.18. The lowest BCUT2D eigenvalue weighted by Crippen LogP contribution is -2.21. The fourth-order valence-electron chi connectivity index (χ4n) is 2.32. The normalized spacial score (nSPS) is 13.0. The zero-order valence-corrected chi connectivity index (χ0v) is 12.3. The van der Waals surface area contributed by atoms with Crippen LogP contribution < -0.4 is 15.4 Å². The van der Waals surface area contributed by atoms with Crippen LogP contribution in [0.1, 0.15) is 12.0 Å². The molecule has 0 aliphatic carbocycles. The molecular formula is C17H15FN2O3. The standard InChI is InChI=1S/C17H15FN2O3/c18-12-3-5-13(6-4-12)19-17(22)10-23-14-7-1-11-2-8-16(21)20-15(11)9-14/h1,3-7,9H,2,8,10H2,(H,19,22)(H,20,21). The third-order valence-electron chi connectivity index (χ3n) is 3.47. The Morgan fingerprint density at radius 1 is 1.17 bits per heavy atom. The van der Waals surface area contributed by atoms with Gasteiger partial charge in [0, 0.05) is 23.9 Å². The summed E-state index contributed by atoms with van der Waals surface area (Å²) in [5.74, 6) is -0.238. The van der Waals surface area contributed by atoms with Crippen molar-refractivity contribution in [2.75, 3.05) is 17.2 Å². The molecule has 0 atom stereocenters. The van der Waals surface area contributed by atoms with Crippen molar-refractivity contribution in [1.82, 2.24) is 0 Å². The molecule has 2 N–H and O–H groups in total. The number of nitrogens with one attached hydrogen (secondary N) is 2. The molecule has 0 fully saturated rings. The molecule has 0 bridgehead atoms. The Morgan fingerprint density at radius 3 is 2.74 bits per heavy atom. The van der Waals surface area contributed by atoms with Gasteiger partial charge in [0.05, 0.1) is 0 Å². The van der Waals surface area contributed by atoms with Crippen molar-refractivity contribution in [3.8, 4) is 5.75 Å². The van der Waals surface area contributed by atoms with E-state index in [1.165, 1.54) is 24.3 Å². The minimum atomic E-state index is -0.365. The van der Waals surface area contributed by atoms with Gasteiger partial charge in [-0.1, -0.05) is 6.07 Å². The molecule has 1 heterocycles. The fourth-order valence-corrected chi connectivity index (χ4v) is 2.32. The Bertz CT molecular complexity index is 744. The predicted octanol–water partition coefficient (Wildman–Crippen LogP) is 2.73. The monoisotopic (exact) mass is 314 g/mol. The van der Waals surface area contributed by atoms with Gasteiger partial charge in [0.2, 0.25) is 5.91 Å². The van der Waals surface area contributed by atoms with Gasteiger partial charge in [-0.15, -0.1) is 0 Å². The number of amides is 2. The van der Waals surface area contributed by atoms with Crippen molar-refractivity contribution in [3.05, 3.63) is 53.8 Å². The lowest BCUT2D eigenvalue weighted by atomic mass is 10.0. The molecule has 2 amide bonds. The largest absolute Gasteiger partial charge is 0.484 e. The third-order valence-corrected chi connectivity index (χ3v) is 3.47. The van der Waals surface area contributed by atoms with Crippen LogP contribution in [0, 0.1) is 5.82 Å². The van der Waals surface area contributed by atoms with Crippen LogP contribution in [0.25, 0.3) is 0 Å². The quantitative estimate of drug-likeness (QED) is 0.912. The summed E-state index contributed by atoms with van der Waals surface area (Å²) in [6.45, 7) is -0.176. The number of carbonyl (C=O) groups excluding carboxylic acids is 2. The average molecular weight is 314 g/mol. The van der Waals surface area contributed by atoms with Crippen LogP contribution in [0.2, 0.25) is 0 Å². The first-order chi connectivity index (χ1) is 11.1. The van der Waals surface area contributed by atoms with Crippen molar-refractivity contribution in [2.45, 2.75) is 12.8 Å². The van der Waals surface area contributed by atoms with E-state index in [0.29, 0.717) is 24.3 Å². The van der Waals surface area contributed by atoms with Gasteiger partial charge in [-0.2, -0.15) is 0 Å². The molecule has 0 spiro atoms. The Kier molecular flexibility index (Phi) is 4.23. The van der Waals surface area contributed by atoms with Gasteiger partial charge in [0.15, 0.2) is 6.61 Å². The van der Waals surface area contributed by atoms with Gasteiger partial charge in [0.1, 0.15) is 11.6 Å². The van der Waals surface area contributed by atoms with Gasteiger partial charge in [-0.3, -0.25) is 9.59 Å². The van der Waals surface area contributed by atoms with Crippen LogP contribution in [0.5, 0.6) is 5.75 Å². The number of hydrogen-bond donors (Lipinski definition) is 2. The highest BCUT2D eigenvalue weighted by Gasteiger charge is 2.15. The smallest absolute Gasteiger partial charge is 0.262 e. The molecule has 1 aliphatic heterocycles. The Morgan fingerprint density at radius 2 is 1.96 bits per heavy atom. The van der Waals surface area contributed by atoms with Crippen LogP contribution >= 0.6 is 0 Å². The van der Waals surface area contributed by atoms with Crippen molar-refractivity contribution in [1.29, 1.82) is 0 Å². The number of fused-ring (bicyclic) bond motifs is 1. The SMILES string of the molecule is O=C(COc1ccc2c(c1)NC(=O)CC2)Nc1ccc(F)cc1. The number of ether oxygens (including phenoxy) is 1. The Balaban J connectivity index is 1.57. The minimum absolute atomic E-state index is 0.0243. The van der Waals surface area contributed by atoms with E-state index in [1.807, 2.05) is 6.07 Å². The maximum Gasteiger partial charge on any atom is 0.262 e. The molecule has 6 heteroatoms. The molecule has 3 rings (SSSR count). The molecule has 1 aliphatic rings. The molecule has 0 radical (unpaired) electrons. The number of aryl methyl sites for hydroxylation is 1. The highest BCUT2D eigenvalue weighted by atomic mass is 19.1. The summed E-state index contributed by atoms with van der Waals surface area (Å²) < 4.78 is 18.2. The highest BCUT2D eigenvalue weighted by Crippen LogP contribution is 2.27. The van der Waals surface area contributed by atoms with Crippen molar-refractivity contribution in [3.63, 3.8) is 0 Å². The van der Waals surface area contributed by atoms with Gasteiger partial charge in [-0.05, 0) is 42.3 Å². The summed E-state index contributed by atoms with van der Waals surface area (Å²) in [6, 6.07) is 10.8. The molecule has 23 heavy (non-hydrogen) atoms. The van der Waals surface area contributed by atoms with Crippen LogP contribution in [0.15, 0.2) is 42.5 Å². The zero-order valence-electron chi connectivity index (χ0n) is 12.3. The van der Waals surface area contributed by atoms with E-state index in [-0.39, 0.29) is 24.2 Å². The second-order valence-electron chi connectivity index (χ2n) is 5.21. The van der Waals surface area contributed by atoms with E-state index in [2.05, 4.69) is 10.6 Å². The second kappa shape index (κ2) is 6.48. The molecule has 2 aromatic carbocycles. The van der Waals surface area contributed by atoms with Crippen LogP contribution in [-0.2, 0) is 16.0 Å². The molecule has 118 valence electrons. The molecule has 0 unspecified atom stereocenters. The molecular weight excluding hydrogens is 299 g/mol. The highest BCUT2D eigenvalue weighted by molar-refractivity contribution is 5.94. The predicted molar refractivity (Wildman–Crippen MR) is 83.9 cm³/mol. The van der Waals surface area contributed by atoms with E-state index in [4.69, 9.17) is 4.74 Å². The van der Waals surface area contributed by atoms with Crippen molar-refractivity contribution < 1.29 is 18.7 Å². The average Bonchev–Trinajstić information content (AvgIpc) is 2.54. The van der Waals surface area contributed by atoms with E-state index in [1.54, 1.807) is 12.1 Å². The maximum atomic E-state index is 12.8. The fraction of sp³-hybridized carbons (Fsp3) is 0.176. The van der Waals surface area contributed by atoms with Crippen molar-refractivity contribution in [2.24, 2.45) is 0 Å². The van der Waals surface area contributed by atoms with Crippen molar-refractivity contribution >= 4 is 23.2 Å². The van der Waals surface area contributed by atoms with Gasteiger partial charge in [0.25, 0.3) is 5.91 Å². The molecule has 0 saturated heterocycles. The Hall–Kier alpha value is -2.89. The molecule has 0 saturated carbocycles. The lowest BCUT2D eigenvalue weighted by molar-refractivity contribution is -0.118. The van der Waals surface area contributed by atoms with Crippen LogP contribution in [-0.4, -0.2) is 18.4 Å². The first kappa shape index (κ1) is 15.0. The number of benzene rings is 2. The number of rotatable bonds is 4. The summed E-state index contributed by atoms with van der Waals surface area (Å²) >= 11 is 0. The van der Waals surface area contributed by atoms with Crippen LogP contribution in [0.3, 0.4) is 0 Å². The van der Waals surface area contributed by atoms with E-state index >= 15 is 0 Å². The summed E-state index contributed by atoms with van der Waals surface area (Å²) in [4.78, 5) is 23.2. The first-order valence-corrected chi connectivity index (χ1v) is 7.21. The van der Waals surface area contributed by atoms with Crippen LogP contribution in [0.4, 0.5) is 15.8 Å². The molecule has 5 nitrogen and oxygen atoms in total. The first-order valence-electron chi connectivity index (χ1n) is 7.21. The second-order valence-corrected chi connectivity index (χ2v) is 5.21. The van der Waals surface area contributed by atoms with E-state index in [0.717, 1.165) is 11.3 Å². The minimum Gasteiger partial charge on any atom is -0.484 e. The van der Waals surface area contributed by atoms with Gasteiger partial charge < -0.3 is 15.4 Å². The number of hydrogen-bond acceptors (Lipinski definition) is 3. The molecule has 0 aromatic heterocycles. The zero-order chi connectivity index (χ0) is 16.2. The number of halogens is 1. The Labute approximate surface area is 132 Å². The maximum absolute atomic E-state index is 12.8. The summed E-state index contributed by atoms with van der Waals surface area (Å²) in [7, 11) is 0. The topological polar surface area (TPSA) is 67.4 Å². The number of anilines is 2. The number of carbonyl (C=O) groups is 2.